The number of rotatable bonds is 7. The summed E-state index contributed by atoms with van der Waals surface area (Å²) in [6, 6.07) is 3.83. The molecule has 0 aliphatic rings. The number of nitrogens with zero attached hydrogens (tertiary/aromatic N) is 1. The van der Waals surface area contributed by atoms with E-state index in [0.717, 1.165) is 30.0 Å². The molecule has 1 aromatic carbocycles. The van der Waals surface area contributed by atoms with Crippen LogP contribution in [0.5, 0.6) is 0 Å². The quantitative estimate of drug-likeness (QED) is 0.772. The molecule has 0 radical (unpaired) electrons. The first kappa shape index (κ1) is 16.5. The highest BCUT2D eigenvalue weighted by atomic mass is 32.2. The van der Waals surface area contributed by atoms with Gasteiger partial charge in [0.05, 0.1) is 0 Å². The van der Waals surface area contributed by atoms with Gasteiger partial charge >= 0.3 is 0 Å². The average molecular weight is 284 g/mol. The predicted molar refractivity (Wildman–Crippen MR) is 82.5 cm³/mol. The molecule has 0 aromatic heterocycles. The van der Waals surface area contributed by atoms with Gasteiger partial charge in [0.2, 0.25) is 0 Å². The van der Waals surface area contributed by atoms with Crippen LogP contribution in [0.3, 0.4) is 0 Å². The molecule has 0 bridgehead atoms. The van der Waals surface area contributed by atoms with Gasteiger partial charge in [0.1, 0.15) is 5.82 Å². The first-order chi connectivity index (χ1) is 8.95. The van der Waals surface area contributed by atoms with Crippen LogP contribution in [-0.2, 0) is 0 Å². The maximum absolute atomic E-state index is 13.8. The summed E-state index contributed by atoms with van der Waals surface area (Å²) >= 11 is 1.80. The van der Waals surface area contributed by atoms with Crippen molar-refractivity contribution < 1.29 is 4.39 Å². The second-order valence-corrected chi connectivity index (χ2v) is 6.21. The summed E-state index contributed by atoms with van der Waals surface area (Å²) in [5.41, 5.74) is 1.79. The number of benzene rings is 1. The van der Waals surface area contributed by atoms with Crippen molar-refractivity contribution in [3.8, 4) is 0 Å². The van der Waals surface area contributed by atoms with E-state index in [4.69, 9.17) is 0 Å². The van der Waals surface area contributed by atoms with E-state index < -0.39 is 0 Å². The van der Waals surface area contributed by atoms with Crippen molar-refractivity contribution in [1.82, 2.24) is 10.2 Å². The fourth-order valence-corrected chi connectivity index (χ4v) is 3.23. The summed E-state index contributed by atoms with van der Waals surface area (Å²) in [6.07, 6.45) is 0. The van der Waals surface area contributed by atoms with E-state index in [1.165, 1.54) is 4.90 Å². The van der Waals surface area contributed by atoms with E-state index in [0.29, 0.717) is 0 Å². The first-order valence-electron chi connectivity index (χ1n) is 6.76. The van der Waals surface area contributed by atoms with Crippen LogP contribution < -0.4 is 5.32 Å². The molecule has 0 fully saturated rings. The highest BCUT2D eigenvalue weighted by Crippen LogP contribution is 2.30. The summed E-state index contributed by atoms with van der Waals surface area (Å²) in [4.78, 5) is 3.35. The lowest BCUT2D eigenvalue weighted by atomic mass is 10.1. The van der Waals surface area contributed by atoms with Gasteiger partial charge < -0.3 is 10.2 Å². The van der Waals surface area contributed by atoms with E-state index >= 15 is 0 Å². The number of aryl methyl sites for hydroxylation is 1. The van der Waals surface area contributed by atoms with Gasteiger partial charge in [-0.05, 0) is 57.7 Å². The van der Waals surface area contributed by atoms with Crippen molar-refractivity contribution in [2.24, 2.45) is 0 Å². The van der Waals surface area contributed by atoms with Crippen molar-refractivity contribution >= 4 is 11.8 Å². The molecule has 1 atom stereocenters. The smallest absolute Gasteiger partial charge is 0.126 e. The molecule has 4 heteroatoms. The minimum Gasteiger partial charge on any atom is -0.310 e. The van der Waals surface area contributed by atoms with Crippen molar-refractivity contribution in [3.63, 3.8) is 0 Å². The average Bonchev–Trinajstić information content (AvgIpc) is 2.33. The Bertz CT molecular complexity index is 407. The molecule has 108 valence electrons. The van der Waals surface area contributed by atoms with Crippen LogP contribution in [0.15, 0.2) is 17.0 Å². The standard InChI is InChI=1S/C15H25FN2S/c1-6-17-12(3)13-10-14(16)11(2)9-15(13)19-8-7-18(4)5/h9-10,12,17H,6-8H2,1-5H3. The molecule has 0 amide bonds. The summed E-state index contributed by atoms with van der Waals surface area (Å²) in [7, 11) is 4.14. The summed E-state index contributed by atoms with van der Waals surface area (Å²) in [5, 5.41) is 3.36. The molecule has 19 heavy (non-hydrogen) atoms. The Labute approximate surface area is 120 Å². The van der Waals surface area contributed by atoms with Crippen molar-refractivity contribution in [2.75, 3.05) is 32.9 Å². The van der Waals surface area contributed by atoms with Gasteiger partial charge in [0.25, 0.3) is 0 Å². The molecular weight excluding hydrogens is 259 g/mol. The molecule has 0 spiro atoms. The van der Waals surface area contributed by atoms with E-state index in [2.05, 4.69) is 38.2 Å². The van der Waals surface area contributed by atoms with Crippen molar-refractivity contribution in [3.05, 3.63) is 29.1 Å². The Balaban J connectivity index is 2.89. The van der Waals surface area contributed by atoms with Crippen LogP contribution in [0.4, 0.5) is 4.39 Å². The fraction of sp³-hybridized carbons (Fsp3) is 0.600. The zero-order valence-corrected chi connectivity index (χ0v) is 13.4. The van der Waals surface area contributed by atoms with Crippen LogP contribution in [0.2, 0.25) is 0 Å². The van der Waals surface area contributed by atoms with Gasteiger partial charge in [0, 0.05) is 23.2 Å². The molecule has 1 aromatic rings. The predicted octanol–water partition coefficient (Wildman–Crippen LogP) is 3.46. The maximum Gasteiger partial charge on any atom is 0.126 e. The maximum atomic E-state index is 13.8. The van der Waals surface area contributed by atoms with Crippen LogP contribution in [0.1, 0.15) is 31.0 Å². The third kappa shape index (κ3) is 5.13. The molecule has 0 saturated carbocycles. The second-order valence-electron chi connectivity index (χ2n) is 5.07. The molecule has 1 N–H and O–H groups in total. The highest BCUT2D eigenvalue weighted by molar-refractivity contribution is 7.99. The van der Waals surface area contributed by atoms with E-state index in [9.17, 15) is 4.39 Å². The van der Waals surface area contributed by atoms with Gasteiger partial charge in [-0.3, -0.25) is 0 Å². The Kier molecular flexibility index (Phi) is 6.83. The zero-order valence-electron chi connectivity index (χ0n) is 12.6. The van der Waals surface area contributed by atoms with E-state index in [-0.39, 0.29) is 11.9 Å². The van der Waals surface area contributed by atoms with Gasteiger partial charge in [-0.2, -0.15) is 0 Å². The number of hydrogen-bond acceptors (Lipinski definition) is 3. The third-order valence-corrected chi connectivity index (χ3v) is 4.12. The monoisotopic (exact) mass is 284 g/mol. The SMILES string of the molecule is CCNC(C)c1cc(F)c(C)cc1SCCN(C)C. The van der Waals surface area contributed by atoms with E-state index in [1.807, 2.05) is 13.0 Å². The molecule has 0 heterocycles. The second kappa shape index (κ2) is 7.88. The van der Waals surface area contributed by atoms with Gasteiger partial charge in [0.15, 0.2) is 0 Å². The van der Waals surface area contributed by atoms with Gasteiger partial charge in [-0.25, -0.2) is 4.39 Å². The van der Waals surface area contributed by atoms with Crippen LogP contribution in [0.25, 0.3) is 0 Å². The molecule has 2 nitrogen and oxygen atoms in total. The number of halogens is 1. The summed E-state index contributed by atoms with van der Waals surface area (Å²) in [6.45, 7) is 7.89. The highest BCUT2D eigenvalue weighted by Gasteiger charge is 2.13. The summed E-state index contributed by atoms with van der Waals surface area (Å²) in [5.74, 6) is 0.904. The molecule has 0 saturated heterocycles. The molecular formula is C15H25FN2S. The number of hydrogen-bond donors (Lipinski definition) is 1. The van der Waals surface area contributed by atoms with Crippen LogP contribution in [0, 0.1) is 12.7 Å². The zero-order chi connectivity index (χ0) is 14.4. The Morgan fingerprint density at radius 1 is 1.37 bits per heavy atom. The minimum atomic E-state index is -0.114. The lowest BCUT2D eigenvalue weighted by molar-refractivity contribution is 0.437. The van der Waals surface area contributed by atoms with Crippen LogP contribution >= 0.6 is 11.8 Å². The fourth-order valence-electron chi connectivity index (χ4n) is 1.89. The Hall–Kier alpha value is -0.580. The number of nitrogens with one attached hydrogen (secondary N) is 1. The number of thioether (sulfide) groups is 1. The minimum absolute atomic E-state index is 0.114. The van der Waals surface area contributed by atoms with Gasteiger partial charge in [-0.15, -0.1) is 11.8 Å². The lowest BCUT2D eigenvalue weighted by Gasteiger charge is -2.18. The largest absolute Gasteiger partial charge is 0.310 e. The van der Waals surface area contributed by atoms with Crippen molar-refractivity contribution in [1.29, 1.82) is 0 Å². The molecule has 0 aliphatic heterocycles. The molecule has 1 rings (SSSR count). The first-order valence-corrected chi connectivity index (χ1v) is 7.75. The third-order valence-electron chi connectivity index (χ3n) is 3.06. The Morgan fingerprint density at radius 3 is 2.63 bits per heavy atom. The van der Waals surface area contributed by atoms with Gasteiger partial charge in [-0.1, -0.05) is 6.92 Å². The molecule has 0 aliphatic carbocycles. The lowest BCUT2D eigenvalue weighted by Crippen LogP contribution is -2.19. The summed E-state index contributed by atoms with van der Waals surface area (Å²) < 4.78 is 13.8. The van der Waals surface area contributed by atoms with Crippen molar-refractivity contribution in [2.45, 2.75) is 31.7 Å². The van der Waals surface area contributed by atoms with E-state index in [1.54, 1.807) is 17.8 Å². The molecule has 1 unspecified atom stereocenters. The Morgan fingerprint density at radius 2 is 2.05 bits per heavy atom. The van der Waals surface area contributed by atoms with Crippen LogP contribution in [-0.4, -0.2) is 37.8 Å². The topological polar surface area (TPSA) is 15.3 Å². The normalized spacial score (nSPS) is 13.0.